The van der Waals surface area contributed by atoms with Crippen molar-refractivity contribution in [3.05, 3.63) is 71.5 Å². The van der Waals surface area contributed by atoms with Crippen LogP contribution in [0.25, 0.3) is 0 Å². The Bertz CT molecular complexity index is 566. The third-order valence-electron chi connectivity index (χ3n) is 3.46. The van der Waals surface area contributed by atoms with Gasteiger partial charge in [0.15, 0.2) is 0 Å². The van der Waals surface area contributed by atoms with E-state index < -0.39 is 0 Å². The van der Waals surface area contributed by atoms with Gasteiger partial charge in [-0.2, -0.15) is 0 Å². The molecule has 0 heterocycles. The number of unbranched alkanes of at least 4 members (excludes halogenated alkanes) is 1. The molecule has 110 valence electrons. The van der Waals surface area contributed by atoms with E-state index in [1.54, 1.807) is 0 Å². The summed E-state index contributed by atoms with van der Waals surface area (Å²) in [6, 6.07) is 15.6. The van der Waals surface area contributed by atoms with Crippen molar-refractivity contribution in [2.45, 2.75) is 32.2 Å². The Morgan fingerprint density at radius 3 is 2.38 bits per heavy atom. The molecular formula is C18H20FNO. The number of carbonyl (C=O) groups excluding carboxylic acids is 1. The fourth-order valence-corrected chi connectivity index (χ4v) is 2.26. The molecular weight excluding hydrogens is 265 g/mol. The first-order chi connectivity index (χ1) is 10.2. The van der Waals surface area contributed by atoms with Gasteiger partial charge in [0, 0.05) is 5.56 Å². The number of hydrogen-bond acceptors (Lipinski definition) is 1. The molecule has 0 aliphatic heterocycles. The van der Waals surface area contributed by atoms with Crippen LogP contribution in [0.2, 0.25) is 0 Å². The largest absolute Gasteiger partial charge is 0.345 e. The Kier molecular flexibility index (Phi) is 5.50. The quantitative estimate of drug-likeness (QED) is 0.832. The van der Waals surface area contributed by atoms with E-state index in [1.807, 2.05) is 30.3 Å². The SMILES string of the molecule is CCCCC(NC(=O)c1ccc(F)cc1)c1ccccc1. The zero-order valence-corrected chi connectivity index (χ0v) is 12.2. The summed E-state index contributed by atoms with van der Waals surface area (Å²) < 4.78 is 12.9. The summed E-state index contributed by atoms with van der Waals surface area (Å²) in [5, 5.41) is 3.04. The molecule has 1 amide bonds. The van der Waals surface area contributed by atoms with E-state index in [-0.39, 0.29) is 17.8 Å². The lowest BCUT2D eigenvalue weighted by Gasteiger charge is -2.19. The van der Waals surface area contributed by atoms with E-state index in [4.69, 9.17) is 0 Å². The van der Waals surface area contributed by atoms with Crippen LogP contribution >= 0.6 is 0 Å². The van der Waals surface area contributed by atoms with E-state index in [0.29, 0.717) is 5.56 Å². The highest BCUT2D eigenvalue weighted by atomic mass is 19.1. The van der Waals surface area contributed by atoms with Crippen LogP contribution in [0.5, 0.6) is 0 Å². The molecule has 0 aliphatic carbocycles. The Balaban J connectivity index is 2.11. The average molecular weight is 285 g/mol. The molecule has 2 nitrogen and oxygen atoms in total. The smallest absolute Gasteiger partial charge is 0.251 e. The van der Waals surface area contributed by atoms with Crippen molar-refractivity contribution < 1.29 is 9.18 Å². The first kappa shape index (κ1) is 15.2. The topological polar surface area (TPSA) is 29.1 Å². The molecule has 0 saturated heterocycles. The first-order valence-corrected chi connectivity index (χ1v) is 7.32. The Hall–Kier alpha value is -2.16. The molecule has 3 heteroatoms. The predicted octanol–water partition coefficient (Wildman–Crippen LogP) is 4.49. The Labute approximate surface area is 125 Å². The molecule has 0 aromatic heterocycles. The highest BCUT2D eigenvalue weighted by Gasteiger charge is 2.15. The minimum absolute atomic E-state index is 0.0105. The highest BCUT2D eigenvalue weighted by Crippen LogP contribution is 2.20. The van der Waals surface area contributed by atoms with E-state index in [9.17, 15) is 9.18 Å². The maximum atomic E-state index is 12.9. The fraction of sp³-hybridized carbons (Fsp3) is 0.278. The van der Waals surface area contributed by atoms with Crippen molar-refractivity contribution in [3.8, 4) is 0 Å². The lowest BCUT2D eigenvalue weighted by molar-refractivity contribution is 0.0934. The first-order valence-electron chi connectivity index (χ1n) is 7.32. The molecule has 0 fully saturated rings. The second kappa shape index (κ2) is 7.58. The van der Waals surface area contributed by atoms with Crippen LogP contribution in [-0.4, -0.2) is 5.91 Å². The summed E-state index contributed by atoms with van der Waals surface area (Å²) in [5.41, 5.74) is 1.58. The molecule has 0 saturated carbocycles. The van der Waals surface area contributed by atoms with Crippen molar-refractivity contribution >= 4 is 5.91 Å². The third kappa shape index (κ3) is 4.42. The molecule has 1 N–H and O–H groups in total. The van der Waals surface area contributed by atoms with E-state index in [2.05, 4.69) is 12.2 Å². The maximum Gasteiger partial charge on any atom is 0.251 e. The number of rotatable bonds is 6. The summed E-state index contributed by atoms with van der Waals surface area (Å²) in [5.74, 6) is -0.503. The maximum absolute atomic E-state index is 12.9. The molecule has 0 bridgehead atoms. The molecule has 0 spiro atoms. The van der Waals surface area contributed by atoms with Crippen molar-refractivity contribution in [3.63, 3.8) is 0 Å². The van der Waals surface area contributed by atoms with Crippen molar-refractivity contribution in [1.82, 2.24) is 5.32 Å². The van der Waals surface area contributed by atoms with Crippen LogP contribution in [0.1, 0.15) is 48.1 Å². The van der Waals surface area contributed by atoms with Crippen LogP contribution in [0.3, 0.4) is 0 Å². The normalized spacial score (nSPS) is 11.9. The molecule has 21 heavy (non-hydrogen) atoms. The second-order valence-corrected chi connectivity index (χ2v) is 5.09. The van der Waals surface area contributed by atoms with Gasteiger partial charge in [-0.25, -0.2) is 4.39 Å². The van der Waals surface area contributed by atoms with Gasteiger partial charge < -0.3 is 5.32 Å². The molecule has 2 rings (SSSR count). The van der Waals surface area contributed by atoms with Gasteiger partial charge in [0.25, 0.3) is 5.91 Å². The minimum Gasteiger partial charge on any atom is -0.345 e. The molecule has 1 atom stereocenters. The zero-order valence-electron chi connectivity index (χ0n) is 12.2. The molecule has 2 aromatic carbocycles. The summed E-state index contributed by atoms with van der Waals surface area (Å²) in [6.07, 6.45) is 3.02. The van der Waals surface area contributed by atoms with Crippen molar-refractivity contribution in [2.75, 3.05) is 0 Å². The zero-order chi connectivity index (χ0) is 15.1. The van der Waals surface area contributed by atoms with Crippen LogP contribution < -0.4 is 5.32 Å². The minimum atomic E-state index is -0.336. The number of nitrogens with one attached hydrogen (secondary N) is 1. The summed E-state index contributed by atoms with van der Waals surface area (Å²) >= 11 is 0. The number of carbonyl (C=O) groups is 1. The van der Waals surface area contributed by atoms with E-state index >= 15 is 0 Å². The predicted molar refractivity (Wildman–Crippen MR) is 82.6 cm³/mol. The van der Waals surface area contributed by atoms with E-state index in [0.717, 1.165) is 24.8 Å². The van der Waals surface area contributed by atoms with E-state index in [1.165, 1.54) is 24.3 Å². The molecule has 2 aromatic rings. The van der Waals surface area contributed by atoms with Gasteiger partial charge in [0.05, 0.1) is 6.04 Å². The Morgan fingerprint density at radius 2 is 1.76 bits per heavy atom. The Morgan fingerprint density at radius 1 is 1.10 bits per heavy atom. The van der Waals surface area contributed by atoms with Gasteiger partial charge in [-0.1, -0.05) is 50.1 Å². The standard InChI is InChI=1S/C18H20FNO/c1-2-3-9-17(14-7-5-4-6-8-14)20-18(21)15-10-12-16(19)13-11-15/h4-8,10-13,17H,2-3,9H2,1H3,(H,20,21). The fourth-order valence-electron chi connectivity index (χ4n) is 2.26. The number of amides is 1. The van der Waals surface area contributed by atoms with Crippen molar-refractivity contribution in [2.24, 2.45) is 0 Å². The van der Waals surface area contributed by atoms with Crippen LogP contribution in [-0.2, 0) is 0 Å². The molecule has 0 radical (unpaired) electrons. The van der Waals surface area contributed by atoms with Crippen LogP contribution in [0.4, 0.5) is 4.39 Å². The monoisotopic (exact) mass is 285 g/mol. The summed E-state index contributed by atoms with van der Waals surface area (Å²) in [6.45, 7) is 2.13. The van der Waals surface area contributed by atoms with Crippen molar-refractivity contribution in [1.29, 1.82) is 0 Å². The van der Waals surface area contributed by atoms with Gasteiger partial charge in [-0.15, -0.1) is 0 Å². The lowest BCUT2D eigenvalue weighted by Crippen LogP contribution is -2.28. The van der Waals surface area contributed by atoms with Crippen LogP contribution in [0.15, 0.2) is 54.6 Å². The number of hydrogen-bond donors (Lipinski definition) is 1. The van der Waals surface area contributed by atoms with Gasteiger partial charge in [0.1, 0.15) is 5.82 Å². The third-order valence-corrected chi connectivity index (χ3v) is 3.46. The van der Waals surface area contributed by atoms with Gasteiger partial charge in [-0.3, -0.25) is 4.79 Å². The summed E-state index contributed by atoms with van der Waals surface area (Å²) in [4.78, 5) is 12.3. The van der Waals surface area contributed by atoms with Gasteiger partial charge in [-0.05, 0) is 36.2 Å². The number of benzene rings is 2. The summed E-state index contributed by atoms with van der Waals surface area (Å²) in [7, 11) is 0. The molecule has 1 unspecified atom stereocenters. The average Bonchev–Trinajstić information content (AvgIpc) is 2.52. The highest BCUT2D eigenvalue weighted by molar-refractivity contribution is 5.94. The lowest BCUT2D eigenvalue weighted by atomic mass is 10.0. The second-order valence-electron chi connectivity index (χ2n) is 5.09. The molecule has 0 aliphatic rings. The van der Waals surface area contributed by atoms with Gasteiger partial charge in [0.2, 0.25) is 0 Å². The van der Waals surface area contributed by atoms with Crippen LogP contribution in [0, 0.1) is 5.82 Å². The van der Waals surface area contributed by atoms with Gasteiger partial charge >= 0.3 is 0 Å². The number of halogens is 1.